The molecule has 0 radical (unpaired) electrons. The van der Waals surface area contributed by atoms with Gasteiger partial charge in [0.05, 0.1) is 0 Å². The summed E-state index contributed by atoms with van der Waals surface area (Å²) < 4.78 is 6.25. The third-order valence-corrected chi connectivity index (χ3v) is 5.75. The zero-order valence-electron chi connectivity index (χ0n) is 17.7. The number of anilines is 1. The highest BCUT2D eigenvalue weighted by Gasteiger charge is 2.40. The monoisotopic (exact) mass is 468 g/mol. The largest absolute Gasteiger partial charge is 0.438 e. The number of hydrazine groups is 1. The number of halogens is 1. The van der Waals surface area contributed by atoms with E-state index in [-0.39, 0.29) is 11.4 Å². The van der Waals surface area contributed by atoms with Crippen LogP contribution in [0.5, 0.6) is 0 Å². The smallest absolute Gasteiger partial charge is 0.324 e. The third kappa shape index (κ3) is 3.71. The first-order chi connectivity index (χ1) is 16.6. The second-order valence-corrected chi connectivity index (χ2v) is 7.99. The predicted octanol–water partition coefficient (Wildman–Crippen LogP) is 4.80. The average molecular weight is 469 g/mol. The summed E-state index contributed by atoms with van der Waals surface area (Å²) >= 11 is 6.03. The molecule has 166 valence electrons. The Balaban J connectivity index is 1.75. The molecule has 0 saturated carbocycles. The fourth-order valence-electron chi connectivity index (χ4n) is 3.93. The van der Waals surface area contributed by atoms with Crippen molar-refractivity contribution >= 4 is 29.3 Å². The van der Waals surface area contributed by atoms with E-state index in [0.717, 1.165) is 11.1 Å². The van der Waals surface area contributed by atoms with Crippen molar-refractivity contribution in [1.82, 2.24) is 10.9 Å². The van der Waals surface area contributed by atoms with Crippen molar-refractivity contribution in [3.05, 3.63) is 101 Å². The zero-order chi connectivity index (χ0) is 23.7. The van der Waals surface area contributed by atoms with Gasteiger partial charge in [-0.2, -0.15) is 5.26 Å². The van der Waals surface area contributed by atoms with Gasteiger partial charge in [0.2, 0.25) is 5.88 Å². The van der Waals surface area contributed by atoms with Crippen molar-refractivity contribution in [2.24, 2.45) is 0 Å². The maximum atomic E-state index is 13.1. The SMILES string of the molecule is N#Cc1c(N2C(=O)C(=O)NN[C@@H]2c2ccc(Cl)cc2)oc(-c2ccccc2)c1-c1ccccc1. The lowest BCUT2D eigenvalue weighted by Gasteiger charge is -2.34. The molecule has 8 heteroatoms. The van der Waals surface area contributed by atoms with Crippen molar-refractivity contribution in [2.75, 3.05) is 4.90 Å². The molecule has 1 aliphatic rings. The Hall–Kier alpha value is -4.38. The van der Waals surface area contributed by atoms with E-state index in [2.05, 4.69) is 16.9 Å². The topological polar surface area (TPSA) is 98.4 Å². The van der Waals surface area contributed by atoms with Gasteiger partial charge in [-0.25, -0.2) is 5.43 Å². The van der Waals surface area contributed by atoms with Gasteiger partial charge in [-0.3, -0.25) is 19.9 Å². The summed E-state index contributed by atoms with van der Waals surface area (Å²) in [4.78, 5) is 26.6. The van der Waals surface area contributed by atoms with E-state index >= 15 is 0 Å². The molecule has 1 aromatic heterocycles. The molecule has 2 N–H and O–H groups in total. The van der Waals surface area contributed by atoms with Crippen LogP contribution in [0.2, 0.25) is 5.02 Å². The molecule has 1 fully saturated rings. The van der Waals surface area contributed by atoms with Gasteiger partial charge in [-0.05, 0) is 23.3 Å². The van der Waals surface area contributed by atoms with E-state index in [4.69, 9.17) is 16.0 Å². The maximum Gasteiger partial charge on any atom is 0.324 e. The van der Waals surface area contributed by atoms with Crippen LogP contribution in [-0.2, 0) is 9.59 Å². The third-order valence-electron chi connectivity index (χ3n) is 5.50. The highest BCUT2D eigenvalue weighted by Crippen LogP contribution is 2.44. The number of furan rings is 1. The summed E-state index contributed by atoms with van der Waals surface area (Å²) in [5, 5.41) is 10.7. The van der Waals surface area contributed by atoms with Gasteiger partial charge in [-0.15, -0.1) is 0 Å². The van der Waals surface area contributed by atoms with Crippen LogP contribution < -0.4 is 15.8 Å². The van der Waals surface area contributed by atoms with Crippen LogP contribution in [-0.4, -0.2) is 11.8 Å². The second kappa shape index (κ2) is 8.87. The summed E-state index contributed by atoms with van der Waals surface area (Å²) in [6, 6.07) is 27.6. The molecule has 34 heavy (non-hydrogen) atoms. The van der Waals surface area contributed by atoms with Gasteiger partial charge < -0.3 is 4.42 Å². The van der Waals surface area contributed by atoms with E-state index in [0.29, 0.717) is 21.9 Å². The molecule has 0 aliphatic carbocycles. The molecule has 1 atom stereocenters. The van der Waals surface area contributed by atoms with Crippen LogP contribution in [0.25, 0.3) is 22.5 Å². The Kier molecular flexibility index (Phi) is 5.60. The van der Waals surface area contributed by atoms with Crippen LogP contribution in [0.4, 0.5) is 5.88 Å². The molecule has 2 heterocycles. The van der Waals surface area contributed by atoms with Crippen LogP contribution >= 0.6 is 11.6 Å². The number of hydrogen-bond donors (Lipinski definition) is 2. The zero-order valence-corrected chi connectivity index (χ0v) is 18.4. The van der Waals surface area contributed by atoms with Crippen molar-refractivity contribution in [2.45, 2.75) is 6.17 Å². The van der Waals surface area contributed by atoms with Crippen molar-refractivity contribution in [1.29, 1.82) is 5.26 Å². The number of rotatable bonds is 4. The number of carbonyl (C=O) groups excluding carboxylic acids is 2. The van der Waals surface area contributed by atoms with E-state index in [1.54, 1.807) is 24.3 Å². The second-order valence-electron chi connectivity index (χ2n) is 7.56. The van der Waals surface area contributed by atoms with Crippen molar-refractivity contribution in [3.63, 3.8) is 0 Å². The average Bonchev–Trinajstić information content (AvgIpc) is 3.26. The lowest BCUT2D eigenvalue weighted by atomic mass is 9.98. The highest BCUT2D eigenvalue weighted by molar-refractivity contribution is 6.41. The minimum Gasteiger partial charge on any atom is -0.438 e. The number of hydrogen-bond acceptors (Lipinski definition) is 5. The Morgan fingerprint density at radius 3 is 2.12 bits per heavy atom. The van der Waals surface area contributed by atoms with Gasteiger partial charge >= 0.3 is 11.8 Å². The van der Waals surface area contributed by atoms with Gasteiger partial charge in [0.1, 0.15) is 23.6 Å². The van der Waals surface area contributed by atoms with Crippen molar-refractivity contribution in [3.8, 4) is 28.5 Å². The molecule has 1 saturated heterocycles. The predicted molar refractivity (Wildman–Crippen MR) is 127 cm³/mol. The normalized spacial score (nSPS) is 15.6. The molecule has 1 aliphatic heterocycles. The number of benzene rings is 3. The van der Waals surface area contributed by atoms with Crippen molar-refractivity contribution < 1.29 is 14.0 Å². The first kappa shape index (κ1) is 21.5. The number of nitriles is 1. The first-order valence-electron chi connectivity index (χ1n) is 10.4. The minimum atomic E-state index is -0.868. The fourth-order valence-corrected chi connectivity index (χ4v) is 4.06. The van der Waals surface area contributed by atoms with Gasteiger partial charge in [0.25, 0.3) is 0 Å². The van der Waals surface area contributed by atoms with E-state index in [1.165, 1.54) is 4.90 Å². The molecule has 3 aromatic carbocycles. The lowest BCUT2D eigenvalue weighted by Crippen LogP contribution is -2.60. The van der Waals surface area contributed by atoms with Gasteiger partial charge in [0, 0.05) is 16.1 Å². The summed E-state index contributed by atoms with van der Waals surface area (Å²) in [5.74, 6) is -1.32. The summed E-state index contributed by atoms with van der Waals surface area (Å²) in [5.41, 5.74) is 8.02. The molecule has 5 rings (SSSR count). The molecule has 7 nitrogen and oxygen atoms in total. The molecular weight excluding hydrogens is 452 g/mol. The minimum absolute atomic E-state index is 0.0208. The van der Waals surface area contributed by atoms with Crippen LogP contribution in [0, 0.1) is 11.3 Å². The van der Waals surface area contributed by atoms with E-state index in [1.807, 2.05) is 60.7 Å². The Morgan fingerprint density at radius 1 is 0.882 bits per heavy atom. The summed E-state index contributed by atoms with van der Waals surface area (Å²) in [7, 11) is 0. The van der Waals surface area contributed by atoms with Gasteiger partial charge in [-0.1, -0.05) is 84.4 Å². The summed E-state index contributed by atoms with van der Waals surface area (Å²) in [6.45, 7) is 0. The summed E-state index contributed by atoms with van der Waals surface area (Å²) in [6.07, 6.45) is -0.826. The molecule has 0 spiro atoms. The molecule has 4 aromatic rings. The molecule has 0 unspecified atom stereocenters. The van der Waals surface area contributed by atoms with Crippen LogP contribution in [0.1, 0.15) is 17.3 Å². The molecule has 2 amide bonds. The van der Waals surface area contributed by atoms with Crippen LogP contribution in [0.3, 0.4) is 0 Å². The Bertz CT molecular complexity index is 1410. The number of amides is 2. The maximum absolute atomic E-state index is 13.1. The fraction of sp³-hybridized carbons (Fsp3) is 0.0385. The Morgan fingerprint density at radius 2 is 1.50 bits per heavy atom. The molecule has 0 bridgehead atoms. The Labute approximate surface area is 200 Å². The lowest BCUT2D eigenvalue weighted by molar-refractivity contribution is -0.141. The van der Waals surface area contributed by atoms with Gasteiger partial charge in [0.15, 0.2) is 0 Å². The number of carbonyl (C=O) groups is 2. The molecular formula is C26H17ClN4O3. The van der Waals surface area contributed by atoms with Crippen LogP contribution in [0.15, 0.2) is 89.3 Å². The van der Waals surface area contributed by atoms with E-state index < -0.39 is 18.0 Å². The first-order valence-corrected chi connectivity index (χ1v) is 10.8. The highest BCUT2D eigenvalue weighted by atomic mass is 35.5. The van der Waals surface area contributed by atoms with E-state index in [9.17, 15) is 14.9 Å². The standard InChI is InChI=1S/C26H17ClN4O3/c27-19-13-11-18(12-14-19)23-29-30-24(32)25(33)31(23)26-20(15-28)21(16-7-3-1-4-8-16)22(34-26)17-9-5-2-6-10-17/h1-14,23,29H,(H,30,32)/t23-/m0/s1. The quantitative estimate of drug-likeness (QED) is 0.419. The number of nitrogens with zero attached hydrogens (tertiary/aromatic N) is 2. The number of nitrogens with one attached hydrogen (secondary N) is 2.